The molecule has 1 aliphatic heterocycles. The Morgan fingerprint density at radius 1 is 1.05 bits per heavy atom. The Bertz CT molecular complexity index is 285. The fraction of sp³-hybridized carbons (Fsp3) is 1.00. The van der Waals surface area contributed by atoms with E-state index in [9.17, 15) is 13.2 Å². The maximum Gasteiger partial charge on any atom is 0.391 e. The SMILES string of the molecule is FC(F)(F)C1CCC(CNCCCN2CCOCC2)CC1. The van der Waals surface area contributed by atoms with Crippen LogP contribution >= 0.6 is 0 Å². The average molecular weight is 308 g/mol. The summed E-state index contributed by atoms with van der Waals surface area (Å²) in [7, 11) is 0. The van der Waals surface area contributed by atoms with E-state index < -0.39 is 12.1 Å². The van der Waals surface area contributed by atoms with Crippen LogP contribution in [-0.2, 0) is 4.74 Å². The molecule has 0 atom stereocenters. The molecule has 0 bridgehead atoms. The maximum absolute atomic E-state index is 12.6. The molecule has 6 heteroatoms. The summed E-state index contributed by atoms with van der Waals surface area (Å²) in [5, 5.41) is 3.41. The fourth-order valence-electron chi connectivity index (χ4n) is 3.25. The van der Waals surface area contributed by atoms with Crippen LogP contribution in [0.1, 0.15) is 32.1 Å². The highest BCUT2D eigenvalue weighted by molar-refractivity contribution is 4.78. The van der Waals surface area contributed by atoms with Gasteiger partial charge in [-0.15, -0.1) is 0 Å². The standard InChI is InChI=1S/C15H27F3N2O/c16-15(17,18)14-4-2-13(3-5-14)12-19-6-1-7-20-8-10-21-11-9-20/h13-14,19H,1-12H2. The number of alkyl halides is 3. The van der Waals surface area contributed by atoms with E-state index in [0.717, 1.165) is 52.4 Å². The van der Waals surface area contributed by atoms with Crippen LogP contribution in [-0.4, -0.2) is 57.0 Å². The smallest absolute Gasteiger partial charge is 0.379 e. The molecular weight excluding hydrogens is 281 g/mol. The zero-order valence-corrected chi connectivity index (χ0v) is 12.6. The molecule has 2 fully saturated rings. The van der Waals surface area contributed by atoms with Gasteiger partial charge in [-0.1, -0.05) is 0 Å². The lowest BCUT2D eigenvalue weighted by Gasteiger charge is -2.30. The van der Waals surface area contributed by atoms with Crippen molar-refractivity contribution in [3.63, 3.8) is 0 Å². The zero-order valence-electron chi connectivity index (χ0n) is 12.6. The predicted octanol–water partition coefficient (Wildman–Crippen LogP) is 2.67. The summed E-state index contributed by atoms with van der Waals surface area (Å²) in [6, 6.07) is 0. The van der Waals surface area contributed by atoms with E-state index in [1.54, 1.807) is 0 Å². The number of rotatable bonds is 6. The van der Waals surface area contributed by atoms with Crippen LogP contribution < -0.4 is 5.32 Å². The third kappa shape index (κ3) is 6.12. The molecule has 2 rings (SSSR count). The minimum Gasteiger partial charge on any atom is -0.379 e. The maximum atomic E-state index is 12.6. The Morgan fingerprint density at radius 2 is 1.71 bits per heavy atom. The molecule has 1 aliphatic carbocycles. The molecule has 3 nitrogen and oxygen atoms in total. The molecule has 0 spiro atoms. The van der Waals surface area contributed by atoms with Crippen molar-refractivity contribution in [3.05, 3.63) is 0 Å². The van der Waals surface area contributed by atoms with Crippen molar-refractivity contribution in [3.8, 4) is 0 Å². The van der Waals surface area contributed by atoms with Gasteiger partial charge in [0.05, 0.1) is 19.1 Å². The van der Waals surface area contributed by atoms with Crippen molar-refractivity contribution in [1.82, 2.24) is 10.2 Å². The number of halogens is 3. The third-order valence-corrected chi connectivity index (χ3v) is 4.67. The Balaban J connectivity index is 1.48. The van der Waals surface area contributed by atoms with Crippen LogP contribution in [0.15, 0.2) is 0 Å². The molecule has 0 amide bonds. The Labute approximate surface area is 125 Å². The van der Waals surface area contributed by atoms with Crippen LogP contribution in [0, 0.1) is 11.8 Å². The monoisotopic (exact) mass is 308 g/mol. The summed E-state index contributed by atoms with van der Waals surface area (Å²) in [5.74, 6) is -0.637. The first kappa shape index (κ1) is 17.0. The first-order valence-electron chi connectivity index (χ1n) is 8.13. The summed E-state index contributed by atoms with van der Waals surface area (Å²) < 4.78 is 43.0. The summed E-state index contributed by atoms with van der Waals surface area (Å²) in [6.45, 7) is 6.59. The minimum atomic E-state index is -3.99. The number of nitrogens with one attached hydrogen (secondary N) is 1. The van der Waals surface area contributed by atoms with Crippen LogP contribution in [0.4, 0.5) is 13.2 Å². The molecule has 1 N–H and O–H groups in total. The normalized spacial score (nSPS) is 28.7. The molecule has 21 heavy (non-hydrogen) atoms. The topological polar surface area (TPSA) is 24.5 Å². The largest absolute Gasteiger partial charge is 0.391 e. The molecule has 0 unspecified atom stereocenters. The molecule has 1 heterocycles. The van der Waals surface area contributed by atoms with Gasteiger partial charge in [-0.05, 0) is 57.7 Å². The highest BCUT2D eigenvalue weighted by Crippen LogP contribution is 2.39. The lowest BCUT2D eigenvalue weighted by atomic mass is 9.81. The van der Waals surface area contributed by atoms with E-state index in [1.165, 1.54) is 0 Å². The number of hydrogen-bond acceptors (Lipinski definition) is 3. The highest BCUT2D eigenvalue weighted by Gasteiger charge is 2.41. The van der Waals surface area contributed by atoms with Gasteiger partial charge in [0, 0.05) is 13.1 Å². The minimum absolute atomic E-state index is 0.309. The van der Waals surface area contributed by atoms with Gasteiger partial charge in [-0.2, -0.15) is 13.2 Å². The Kier molecular flexibility index (Phi) is 6.76. The van der Waals surface area contributed by atoms with E-state index in [4.69, 9.17) is 4.74 Å². The van der Waals surface area contributed by atoms with Gasteiger partial charge in [0.25, 0.3) is 0 Å². The number of nitrogens with zero attached hydrogens (tertiary/aromatic N) is 1. The highest BCUT2D eigenvalue weighted by atomic mass is 19.4. The van der Waals surface area contributed by atoms with E-state index in [1.807, 2.05) is 0 Å². The van der Waals surface area contributed by atoms with Gasteiger partial charge in [0.1, 0.15) is 0 Å². The molecule has 1 saturated heterocycles. The lowest BCUT2D eigenvalue weighted by Crippen LogP contribution is -2.38. The van der Waals surface area contributed by atoms with Gasteiger partial charge in [0.2, 0.25) is 0 Å². The predicted molar refractivity (Wildman–Crippen MR) is 76.2 cm³/mol. The first-order chi connectivity index (χ1) is 10.1. The first-order valence-corrected chi connectivity index (χ1v) is 8.13. The summed E-state index contributed by atoms with van der Waals surface area (Å²) in [6.07, 6.45) is -0.858. The Morgan fingerprint density at radius 3 is 2.33 bits per heavy atom. The van der Waals surface area contributed by atoms with Crippen LogP contribution in [0.3, 0.4) is 0 Å². The van der Waals surface area contributed by atoms with Crippen LogP contribution in [0.2, 0.25) is 0 Å². The number of hydrogen-bond donors (Lipinski definition) is 1. The number of ether oxygens (including phenoxy) is 1. The van der Waals surface area contributed by atoms with E-state index in [-0.39, 0.29) is 0 Å². The van der Waals surface area contributed by atoms with Crippen molar-refractivity contribution in [2.24, 2.45) is 11.8 Å². The van der Waals surface area contributed by atoms with E-state index >= 15 is 0 Å². The fourth-order valence-corrected chi connectivity index (χ4v) is 3.25. The Hall–Kier alpha value is -0.330. The summed E-state index contributed by atoms with van der Waals surface area (Å²) in [5.41, 5.74) is 0. The average Bonchev–Trinajstić information content (AvgIpc) is 2.47. The molecule has 0 aromatic heterocycles. The summed E-state index contributed by atoms with van der Waals surface area (Å²) in [4.78, 5) is 2.40. The van der Waals surface area contributed by atoms with Gasteiger partial charge < -0.3 is 10.1 Å². The molecule has 124 valence electrons. The second-order valence-electron chi connectivity index (χ2n) is 6.27. The van der Waals surface area contributed by atoms with Crippen molar-refractivity contribution < 1.29 is 17.9 Å². The molecule has 0 radical (unpaired) electrons. The summed E-state index contributed by atoms with van der Waals surface area (Å²) >= 11 is 0. The van der Waals surface area contributed by atoms with Crippen molar-refractivity contribution in [2.45, 2.75) is 38.3 Å². The molecule has 2 aliphatic rings. The van der Waals surface area contributed by atoms with Gasteiger partial charge in [-0.3, -0.25) is 4.90 Å². The number of morpholine rings is 1. The molecule has 0 aromatic rings. The quantitative estimate of drug-likeness (QED) is 0.764. The van der Waals surface area contributed by atoms with Gasteiger partial charge in [0.15, 0.2) is 0 Å². The molecule has 1 saturated carbocycles. The van der Waals surface area contributed by atoms with Gasteiger partial charge in [-0.25, -0.2) is 0 Å². The van der Waals surface area contributed by atoms with Crippen molar-refractivity contribution in [2.75, 3.05) is 45.9 Å². The van der Waals surface area contributed by atoms with Crippen LogP contribution in [0.5, 0.6) is 0 Å². The van der Waals surface area contributed by atoms with Crippen molar-refractivity contribution in [1.29, 1.82) is 0 Å². The van der Waals surface area contributed by atoms with E-state index in [0.29, 0.717) is 31.6 Å². The second-order valence-corrected chi connectivity index (χ2v) is 6.27. The van der Waals surface area contributed by atoms with Gasteiger partial charge >= 0.3 is 6.18 Å². The van der Waals surface area contributed by atoms with E-state index in [2.05, 4.69) is 10.2 Å². The lowest BCUT2D eigenvalue weighted by molar-refractivity contribution is -0.183. The molecule has 0 aromatic carbocycles. The van der Waals surface area contributed by atoms with Crippen LogP contribution in [0.25, 0.3) is 0 Å². The second kappa shape index (κ2) is 8.34. The third-order valence-electron chi connectivity index (χ3n) is 4.67. The zero-order chi connectivity index (χ0) is 15.1. The van der Waals surface area contributed by atoms with Crippen molar-refractivity contribution >= 4 is 0 Å². The molecular formula is C15H27F3N2O.